The van der Waals surface area contributed by atoms with Gasteiger partial charge in [-0.2, -0.15) is 0 Å². The Kier molecular flexibility index (Phi) is 4.43. The van der Waals surface area contributed by atoms with Gasteiger partial charge in [0, 0.05) is 25.9 Å². The zero-order valence-electron chi connectivity index (χ0n) is 11.6. The molecule has 2 N–H and O–H groups in total. The Morgan fingerprint density at radius 1 is 1.42 bits per heavy atom. The van der Waals surface area contributed by atoms with Crippen LogP contribution in [0.3, 0.4) is 0 Å². The summed E-state index contributed by atoms with van der Waals surface area (Å²) in [4.78, 5) is 13.5. The molecule has 0 bridgehead atoms. The molecule has 0 aromatic heterocycles. The molecule has 1 fully saturated rings. The number of benzene rings is 1. The summed E-state index contributed by atoms with van der Waals surface area (Å²) in [5, 5.41) is 0. The minimum absolute atomic E-state index is 0.147. The van der Waals surface area contributed by atoms with Crippen LogP contribution in [0, 0.1) is 5.92 Å². The molecule has 1 aliphatic heterocycles. The predicted octanol–water partition coefficient (Wildman–Crippen LogP) is 1.61. The van der Waals surface area contributed by atoms with Gasteiger partial charge in [-0.25, -0.2) is 0 Å². The molecule has 104 valence electrons. The van der Waals surface area contributed by atoms with Crippen LogP contribution in [0.2, 0.25) is 0 Å². The van der Waals surface area contributed by atoms with E-state index in [0.29, 0.717) is 18.4 Å². The maximum atomic E-state index is 11.5. The third-order valence-corrected chi connectivity index (χ3v) is 4.05. The zero-order chi connectivity index (χ0) is 13.8. The van der Waals surface area contributed by atoms with Gasteiger partial charge in [-0.3, -0.25) is 4.79 Å². The van der Waals surface area contributed by atoms with E-state index >= 15 is 0 Å². The fourth-order valence-electron chi connectivity index (χ4n) is 2.80. The molecule has 2 unspecified atom stereocenters. The Labute approximate surface area is 114 Å². The first-order chi connectivity index (χ1) is 9.15. The van der Waals surface area contributed by atoms with Gasteiger partial charge in [0.2, 0.25) is 5.91 Å². The SMILES string of the molecule is COc1ccc(C2CN(C(C)=O)CCC2CN)cc1. The first-order valence-electron chi connectivity index (χ1n) is 6.75. The molecule has 1 aromatic rings. The fourth-order valence-corrected chi connectivity index (χ4v) is 2.80. The number of nitrogens with zero attached hydrogens (tertiary/aromatic N) is 1. The van der Waals surface area contributed by atoms with Crippen molar-refractivity contribution in [2.75, 3.05) is 26.7 Å². The van der Waals surface area contributed by atoms with Crippen molar-refractivity contribution in [1.82, 2.24) is 4.90 Å². The van der Waals surface area contributed by atoms with E-state index in [1.165, 1.54) is 5.56 Å². The summed E-state index contributed by atoms with van der Waals surface area (Å²) in [6.07, 6.45) is 0.979. The predicted molar refractivity (Wildman–Crippen MR) is 75.2 cm³/mol. The van der Waals surface area contributed by atoms with E-state index in [-0.39, 0.29) is 5.91 Å². The second-order valence-corrected chi connectivity index (χ2v) is 5.13. The number of piperidine rings is 1. The molecule has 1 saturated heterocycles. The molecule has 1 heterocycles. The number of methoxy groups -OCH3 is 1. The van der Waals surface area contributed by atoms with Gasteiger partial charge in [0.15, 0.2) is 0 Å². The standard InChI is InChI=1S/C15H22N2O2/c1-11(18)17-8-7-13(9-16)15(10-17)12-3-5-14(19-2)6-4-12/h3-6,13,15H,7-10,16H2,1-2H3. The maximum Gasteiger partial charge on any atom is 0.219 e. The summed E-state index contributed by atoms with van der Waals surface area (Å²) in [5.74, 6) is 1.78. The van der Waals surface area contributed by atoms with Gasteiger partial charge in [-0.15, -0.1) is 0 Å². The van der Waals surface area contributed by atoms with Crippen LogP contribution < -0.4 is 10.5 Å². The number of amides is 1. The Morgan fingerprint density at radius 3 is 2.63 bits per heavy atom. The van der Waals surface area contributed by atoms with Crippen molar-refractivity contribution in [2.45, 2.75) is 19.3 Å². The molecule has 0 aliphatic carbocycles. The Bertz CT molecular complexity index is 430. The van der Waals surface area contributed by atoms with E-state index in [9.17, 15) is 4.79 Å². The molecular formula is C15H22N2O2. The molecule has 1 amide bonds. The highest BCUT2D eigenvalue weighted by atomic mass is 16.5. The van der Waals surface area contributed by atoms with Gasteiger partial charge in [0.05, 0.1) is 7.11 Å². The van der Waals surface area contributed by atoms with Gasteiger partial charge in [0.25, 0.3) is 0 Å². The average molecular weight is 262 g/mol. The zero-order valence-corrected chi connectivity index (χ0v) is 11.6. The molecule has 2 rings (SSSR count). The summed E-state index contributed by atoms with van der Waals surface area (Å²) >= 11 is 0. The van der Waals surface area contributed by atoms with Crippen LogP contribution in [-0.2, 0) is 4.79 Å². The summed E-state index contributed by atoms with van der Waals surface area (Å²) < 4.78 is 5.18. The van der Waals surface area contributed by atoms with E-state index < -0.39 is 0 Å². The minimum atomic E-state index is 0.147. The van der Waals surface area contributed by atoms with Gasteiger partial charge in [0.1, 0.15) is 5.75 Å². The number of likely N-dealkylation sites (tertiary alicyclic amines) is 1. The molecule has 1 aromatic carbocycles. The van der Waals surface area contributed by atoms with Crippen molar-refractivity contribution in [2.24, 2.45) is 11.7 Å². The first-order valence-corrected chi connectivity index (χ1v) is 6.75. The molecule has 19 heavy (non-hydrogen) atoms. The van der Waals surface area contributed by atoms with Crippen LogP contribution in [-0.4, -0.2) is 37.6 Å². The normalized spacial score (nSPS) is 23.2. The van der Waals surface area contributed by atoms with Crippen molar-refractivity contribution in [3.05, 3.63) is 29.8 Å². The molecule has 0 saturated carbocycles. The van der Waals surface area contributed by atoms with E-state index in [4.69, 9.17) is 10.5 Å². The molecule has 1 aliphatic rings. The van der Waals surface area contributed by atoms with Crippen LogP contribution in [0.25, 0.3) is 0 Å². The number of ether oxygens (including phenoxy) is 1. The maximum absolute atomic E-state index is 11.5. The fraction of sp³-hybridized carbons (Fsp3) is 0.533. The van der Waals surface area contributed by atoms with Crippen molar-refractivity contribution < 1.29 is 9.53 Å². The lowest BCUT2D eigenvalue weighted by molar-refractivity contribution is -0.130. The largest absolute Gasteiger partial charge is 0.497 e. The topological polar surface area (TPSA) is 55.6 Å². The van der Waals surface area contributed by atoms with Crippen molar-refractivity contribution in [3.8, 4) is 5.75 Å². The summed E-state index contributed by atoms with van der Waals surface area (Å²) in [6, 6.07) is 8.09. The van der Waals surface area contributed by atoms with Crippen molar-refractivity contribution in [3.63, 3.8) is 0 Å². The third kappa shape index (κ3) is 3.07. The molecule has 4 heteroatoms. The molecule has 0 radical (unpaired) electrons. The number of hydrogen-bond acceptors (Lipinski definition) is 3. The van der Waals surface area contributed by atoms with Gasteiger partial charge < -0.3 is 15.4 Å². The Hall–Kier alpha value is -1.55. The van der Waals surface area contributed by atoms with E-state index in [0.717, 1.165) is 25.3 Å². The molecular weight excluding hydrogens is 240 g/mol. The Balaban J connectivity index is 2.19. The summed E-state index contributed by atoms with van der Waals surface area (Å²) in [5.41, 5.74) is 7.12. The lowest BCUT2D eigenvalue weighted by Gasteiger charge is -2.38. The number of carbonyl (C=O) groups is 1. The van der Waals surface area contributed by atoms with Crippen LogP contribution in [0.4, 0.5) is 0 Å². The van der Waals surface area contributed by atoms with Crippen molar-refractivity contribution in [1.29, 1.82) is 0 Å². The highest BCUT2D eigenvalue weighted by Crippen LogP contribution is 2.32. The summed E-state index contributed by atoms with van der Waals surface area (Å²) in [6.45, 7) is 3.89. The minimum Gasteiger partial charge on any atom is -0.497 e. The first kappa shape index (κ1) is 13.9. The quantitative estimate of drug-likeness (QED) is 0.900. The molecule has 4 nitrogen and oxygen atoms in total. The van der Waals surface area contributed by atoms with Gasteiger partial charge >= 0.3 is 0 Å². The number of hydrogen-bond donors (Lipinski definition) is 1. The number of carbonyl (C=O) groups excluding carboxylic acids is 1. The van der Waals surface area contributed by atoms with Gasteiger partial charge in [-0.1, -0.05) is 12.1 Å². The van der Waals surface area contributed by atoms with E-state index in [1.54, 1.807) is 14.0 Å². The smallest absolute Gasteiger partial charge is 0.219 e. The van der Waals surface area contributed by atoms with E-state index in [2.05, 4.69) is 12.1 Å². The lowest BCUT2D eigenvalue weighted by atomic mass is 9.80. The second kappa shape index (κ2) is 6.06. The van der Waals surface area contributed by atoms with E-state index in [1.807, 2.05) is 17.0 Å². The monoisotopic (exact) mass is 262 g/mol. The second-order valence-electron chi connectivity index (χ2n) is 5.13. The van der Waals surface area contributed by atoms with Crippen LogP contribution >= 0.6 is 0 Å². The molecule has 0 spiro atoms. The van der Waals surface area contributed by atoms with Crippen LogP contribution in [0.5, 0.6) is 5.75 Å². The summed E-state index contributed by atoms with van der Waals surface area (Å²) in [7, 11) is 1.66. The molecule has 2 atom stereocenters. The van der Waals surface area contributed by atoms with Crippen LogP contribution in [0.1, 0.15) is 24.8 Å². The Morgan fingerprint density at radius 2 is 2.11 bits per heavy atom. The van der Waals surface area contributed by atoms with Crippen molar-refractivity contribution >= 4 is 5.91 Å². The number of nitrogens with two attached hydrogens (primary N) is 1. The highest BCUT2D eigenvalue weighted by molar-refractivity contribution is 5.73. The third-order valence-electron chi connectivity index (χ3n) is 4.05. The highest BCUT2D eigenvalue weighted by Gasteiger charge is 2.30. The van der Waals surface area contributed by atoms with Crippen LogP contribution in [0.15, 0.2) is 24.3 Å². The number of rotatable bonds is 3. The lowest BCUT2D eigenvalue weighted by Crippen LogP contribution is -2.43. The average Bonchev–Trinajstić information content (AvgIpc) is 2.46. The van der Waals surface area contributed by atoms with Gasteiger partial charge in [-0.05, 0) is 36.6 Å².